The quantitative estimate of drug-likeness (QED) is 0.725. The maximum Gasteiger partial charge on any atom is 0.282 e. The summed E-state index contributed by atoms with van der Waals surface area (Å²) in [7, 11) is -3.41. The molecule has 0 spiro atoms. The van der Waals surface area contributed by atoms with Crippen molar-refractivity contribution in [3.05, 3.63) is 29.8 Å². The summed E-state index contributed by atoms with van der Waals surface area (Å²) in [4.78, 5) is 2.25. The zero-order valence-electron chi connectivity index (χ0n) is 16.5. The first-order valence-corrected chi connectivity index (χ1v) is 11.1. The highest BCUT2D eigenvalue weighted by atomic mass is 32.2. The predicted molar refractivity (Wildman–Crippen MR) is 105 cm³/mol. The Kier molecular flexibility index (Phi) is 6.75. The van der Waals surface area contributed by atoms with Crippen LogP contribution in [0.3, 0.4) is 0 Å². The molecule has 0 amide bonds. The minimum Gasteiger partial charge on any atom is -0.492 e. The fraction of sp³-hybridized carbons (Fsp3) is 0.684. The summed E-state index contributed by atoms with van der Waals surface area (Å²) in [5.41, 5.74) is 1.21. The first-order chi connectivity index (χ1) is 12.8. The van der Waals surface area contributed by atoms with E-state index in [-0.39, 0.29) is 12.2 Å². The molecule has 7 nitrogen and oxygen atoms in total. The van der Waals surface area contributed by atoms with E-state index in [1.54, 1.807) is 8.61 Å². The molecule has 2 atom stereocenters. The molecule has 2 saturated heterocycles. The highest BCUT2D eigenvalue weighted by Gasteiger charge is 2.36. The van der Waals surface area contributed by atoms with E-state index >= 15 is 0 Å². The second-order valence-corrected chi connectivity index (χ2v) is 9.41. The second kappa shape index (κ2) is 8.87. The highest BCUT2D eigenvalue weighted by molar-refractivity contribution is 7.86. The monoisotopic (exact) mass is 397 g/mol. The molecule has 152 valence electrons. The lowest BCUT2D eigenvalue weighted by Gasteiger charge is -2.40. The Morgan fingerprint density at radius 3 is 2.19 bits per heavy atom. The number of aryl methyl sites for hydroxylation is 1. The summed E-state index contributed by atoms with van der Waals surface area (Å²) < 4.78 is 40.5. The number of morpholine rings is 1. The van der Waals surface area contributed by atoms with Crippen LogP contribution in [0, 0.1) is 6.92 Å². The van der Waals surface area contributed by atoms with Gasteiger partial charge in [-0.2, -0.15) is 17.0 Å². The number of piperazine rings is 1. The lowest BCUT2D eigenvalue weighted by Crippen LogP contribution is -2.57. The van der Waals surface area contributed by atoms with E-state index in [4.69, 9.17) is 9.47 Å². The van der Waals surface area contributed by atoms with Gasteiger partial charge < -0.3 is 9.47 Å². The molecule has 8 heteroatoms. The summed E-state index contributed by atoms with van der Waals surface area (Å²) >= 11 is 0. The molecular formula is C19H31N3O4S. The molecule has 0 saturated carbocycles. The second-order valence-electron chi connectivity index (χ2n) is 7.48. The first kappa shape index (κ1) is 20.5. The van der Waals surface area contributed by atoms with Crippen LogP contribution >= 0.6 is 0 Å². The van der Waals surface area contributed by atoms with Crippen LogP contribution in [0.4, 0.5) is 0 Å². The van der Waals surface area contributed by atoms with Gasteiger partial charge in [-0.3, -0.25) is 4.90 Å². The molecular weight excluding hydrogens is 366 g/mol. The van der Waals surface area contributed by atoms with Gasteiger partial charge in [0.15, 0.2) is 0 Å². The molecule has 2 aliphatic heterocycles. The van der Waals surface area contributed by atoms with Crippen molar-refractivity contribution in [1.82, 2.24) is 13.5 Å². The van der Waals surface area contributed by atoms with E-state index in [1.807, 2.05) is 38.1 Å². The Morgan fingerprint density at radius 2 is 1.59 bits per heavy atom. The molecule has 1 aromatic rings. The van der Waals surface area contributed by atoms with Crippen LogP contribution in [0.1, 0.15) is 19.4 Å². The lowest BCUT2D eigenvalue weighted by atomic mass is 10.2. The van der Waals surface area contributed by atoms with Crippen LogP contribution in [-0.4, -0.2) is 86.6 Å². The van der Waals surface area contributed by atoms with E-state index in [9.17, 15) is 8.42 Å². The van der Waals surface area contributed by atoms with Crippen molar-refractivity contribution in [2.24, 2.45) is 0 Å². The van der Waals surface area contributed by atoms with E-state index in [1.165, 1.54) is 5.56 Å². The fourth-order valence-corrected chi connectivity index (χ4v) is 5.34. The Labute approximate surface area is 163 Å². The number of hydrogen-bond donors (Lipinski definition) is 0. The topological polar surface area (TPSA) is 62.3 Å². The molecule has 3 rings (SSSR count). The third-order valence-electron chi connectivity index (χ3n) is 5.07. The fourth-order valence-electron chi connectivity index (χ4n) is 3.59. The number of hydrogen-bond acceptors (Lipinski definition) is 5. The third kappa shape index (κ3) is 5.42. The van der Waals surface area contributed by atoms with E-state index < -0.39 is 10.2 Å². The van der Waals surface area contributed by atoms with Crippen molar-refractivity contribution in [1.29, 1.82) is 0 Å². The summed E-state index contributed by atoms with van der Waals surface area (Å²) in [6.45, 7) is 10.7. The van der Waals surface area contributed by atoms with Crippen molar-refractivity contribution in [2.45, 2.75) is 33.0 Å². The largest absolute Gasteiger partial charge is 0.492 e. The Balaban J connectivity index is 1.44. The van der Waals surface area contributed by atoms with Crippen molar-refractivity contribution >= 4 is 10.2 Å². The molecule has 0 unspecified atom stereocenters. The summed E-state index contributed by atoms with van der Waals surface area (Å²) in [6, 6.07) is 8.02. The van der Waals surface area contributed by atoms with Crippen LogP contribution < -0.4 is 4.74 Å². The normalized spacial score (nSPS) is 26.2. The molecule has 27 heavy (non-hydrogen) atoms. The number of ether oxygens (including phenoxy) is 2. The summed E-state index contributed by atoms with van der Waals surface area (Å²) in [5.74, 6) is 0.873. The van der Waals surface area contributed by atoms with Gasteiger partial charge in [-0.15, -0.1) is 0 Å². The van der Waals surface area contributed by atoms with E-state index in [2.05, 4.69) is 11.8 Å². The maximum absolute atomic E-state index is 12.9. The summed E-state index contributed by atoms with van der Waals surface area (Å²) in [6.07, 6.45) is -0.132. The zero-order valence-corrected chi connectivity index (χ0v) is 17.3. The summed E-state index contributed by atoms with van der Waals surface area (Å²) in [5, 5.41) is 0. The van der Waals surface area contributed by atoms with Crippen molar-refractivity contribution < 1.29 is 17.9 Å². The molecule has 2 aliphatic rings. The third-order valence-corrected chi connectivity index (χ3v) is 7.04. The van der Waals surface area contributed by atoms with Crippen molar-refractivity contribution in [2.75, 3.05) is 52.4 Å². The molecule has 1 aromatic carbocycles. The number of nitrogens with zero attached hydrogens (tertiary/aromatic N) is 3. The molecule has 0 bridgehead atoms. The standard InChI is InChI=1S/C19H31N3O4S/c1-16-4-6-19(7-5-16)25-13-12-20-8-10-21(11-9-20)27(23,24)22-14-17(2)26-18(3)15-22/h4-7,17-18H,8-15H2,1-3H3/t17-,18+. The lowest BCUT2D eigenvalue weighted by molar-refractivity contribution is -0.0457. The average molecular weight is 398 g/mol. The zero-order chi connectivity index (χ0) is 19.4. The first-order valence-electron chi connectivity index (χ1n) is 9.67. The van der Waals surface area contributed by atoms with Gasteiger partial charge in [0.1, 0.15) is 12.4 Å². The Morgan fingerprint density at radius 1 is 1.00 bits per heavy atom. The van der Waals surface area contributed by atoms with Gasteiger partial charge in [-0.1, -0.05) is 17.7 Å². The molecule has 0 radical (unpaired) electrons. The van der Waals surface area contributed by atoms with Gasteiger partial charge in [-0.25, -0.2) is 0 Å². The van der Waals surface area contributed by atoms with Gasteiger partial charge in [0, 0.05) is 45.8 Å². The van der Waals surface area contributed by atoms with Crippen molar-refractivity contribution in [3.63, 3.8) is 0 Å². The van der Waals surface area contributed by atoms with Crippen LogP contribution in [0.15, 0.2) is 24.3 Å². The number of benzene rings is 1. The van der Waals surface area contributed by atoms with Crippen LogP contribution in [0.5, 0.6) is 5.75 Å². The number of rotatable bonds is 6. The van der Waals surface area contributed by atoms with Gasteiger partial charge in [0.25, 0.3) is 10.2 Å². The smallest absolute Gasteiger partial charge is 0.282 e. The van der Waals surface area contributed by atoms with E-state index in [0.717, 1.165) is 25.4 Å². The van der Waals surface area contributed by atoms with Crippen LogP contribution in [0.2, 0.25) is 0 Å². The van der Waals surface area contributed by atoms with Crippen molar-refractivity contribution in [3.8, 4) is 5.75 Å². The molecule has 2 fully saturated rings. The maximum atomic E-state index is 12.9. The highest BCUT2D eigenvalue weighted by Crippen LogP contribution is 2.19. The Bertz CT molecular complexity index is 692. The van der Waals surface area contributed by atoms with Gasteiger partial charge >= 0.3 is 0 Å². The molecule has 0 aromatic heterocycles. The van der Waals surface area contributed by atoms with Gasteiger partial charge in [0.2, 0.25) is 0 Å². The minimum absolute atomic E-state index is 0.0660. The molecule has 2 heterocycles. The molecule has 0 aliphatic carbocycles. The van der Waals surface area contributed by atoms with Crippen LogP contribution in [0.25, 0.3) is 0 Å². The van der Waals surface area contributed by atoms with Gasteiger partial charge in [-0.05, 0) is 32.9 Å². The SMILES string of the molecule is Cc1ccc(OCCN2CCN(S(=O)(=O)N3C[C@@H](C)O[C@@H](C)C3)CC2)cc1. The average Bonchev–Trinajstić information content (AvgIpc) is 2.63. The predicted octanol–water partition coefficient (Wildman–Crippen LogP) is 1.35. The Hall–Kier alpha value is -1.19. The van der Waals surface area contributed by atoms with Crippen LogP contribution in [-0.2, 0) is 14.9 Å². The van der Waals surface area contributed by atoms with Gasteiger partial charge in [0.05, 0.1) is 12.2 Å². The molecule has 0 N–H and O–H groups in total. The van der Waals surface area contributed by atoms with E-state index in [0.29, 0.717) is 32.8 Å². The minimum atomic E-state index is -3.41.